The lowest BCUT2D eigenvalue weighted by Gasteiger charge is -2.09. The van der Waals surface area contributed by atoms with Crippen molar-refractivity contribution >= 4 is 23.1 Å². The zero-order chi connectivity index (χ0) is 14.4. The third kappa shape index (κ3) is 4.06. The summed E-state index contributed by atoms with van der Waals surface area (Å²) in [5.74, 6) is -0.485. The van der Waals surface area contributed by atoms with Crippen LogP contribution >= 0.6 is 11.6 Å². The largest absolute Gasteiger partial charge is 0.463 e. The number of hydrogen-bond donors (Lipinski definition) is 1. The zero-order valence-corrected chi connectivity index (χ0v) is 11.8. The maximum atomic E-state index is 13.7. The Kier molecular flexibility index (Phi) is 5.12. The Labute approximate surface area is 122 Å². The van der Waals surface area contributed by atoms with E-state index < -0.39 is 5.82 Å². The Balaban J connectivity index is 2.12. The third-order valence-electron chi connectivity index (χ3n) is 2.54. The van der Waals surface area contributed by atoms with Gasteiger partial charge in [0.25, 0.3) is 0 Å². The molecular formula is C14H15ClFN3O. The van der Waals surface area contributed by atoms with E-state index in [1.807, 2.05) is 0 Å². The Bertz CT molecular complexity index is 580. The fourth-order valence-electron chi connectivity index (χ4n) is 1.52. The molecule has 20 heavy (non-hydrogen) atoms. The number of hydrogen-bond acceptors (Lipinski definition) is 4. The molecule has 0 spiro atoms. The van der Waals surface area contributed by atoms with E-state index in [9.17, 15) is 4.39 Å². The second-order valence-electron chi connectivity index (χ2n) is 4.19. The highest BCUT2D eigenvalue weighted by Crippen LogP contribution is 2.21. The molecule has 0 saturated heterocycles. The molecule has 0 aliphatic heterocycles. The molecule has 0 aliphatic carbocycles. The molecule has 106 valence electrons. The van der Waals surface area contributed by atoms with Crippen molar-refractivity contribution in [2.75, 3.05) is 11.9 Å². The van der Waals surface area contributed by atoms with Crippen molar-refractivity contribution in [2.24, 2.45) is 0 Å². The van der Waals surface area contributed by atoms with Crippen LogP contribution in [0.4, 0.5) is 15.9 Å². The summed E-state index contributed by atoms with van der Waals surface area (Å²) < 4.78 is 19.0. The lowest BCUT2D eigenvalue weighted by molar-refractivity contribution is 0.284. The predicted molar refractivity (Wildman–Crippen MR) is 77.1 cm³/mol. The Morgan fingerprint density at radius 2 is 2.25 bits per heavy atom. The lowest BCUT2D eigenvalue weighted by atomic mass is 10.3. The smallest absolute Gasteiger partial charge is 0.318 e. The maximum absolute atomic E-state index is 13.7. The average molecular weight is 296 g/mol. The van der Waals surface area contributed by atoms with Gasteiger partial charge in [-0.2, -0.15) is 4.98 Å². The minimum absolute atomic E-state index is 0.0637. The van der Waals surface area contributed by atoms with Crippen LogP contribution in [0.5, 0.6) is 6.01 Å². The van der Waals surface area contributed by atoms with E-state index >= 15 is 0 Å². The van der Waals surface area contributed by atoms with E-state index in [0.29, 0.717) is 17.3 Å². The Morgan fingerprint density at radius 1 is 1.40 bits per heavy atom. The van der Waals surface area contributed by atoms with Crippen molar-refractivity contribution in [3.8, 4) is 6.01 Å². The normalized spacial score (nSPS) is 10.3. The second-order valence-corrected chi connectivity index (χ2v) is 4.62. The summed E-state index contributed by atoms with van der Waals surface area (Å²) in [5.41, 5.74) is 0.648. The van der Waals surface area contributed by atoms with Crippen LogP contribution < -0.4 is 10.1 Å². The van der Waals surface area contributed by atoms with Gasteiger partial charge >= 0.3 is 6.01 Å². The molecule has 0 saturated carbocycles. The van der Waals surface area contributed by atoms with Gasteiger partial charge in [-0.1, -0.05) is 31.0 Å². The van der Waals surface area contributed by atoms with Gasteiger partial charge in [0, 0.05) is 10.7 Å². The second kappa shape index (κ2) is 7.05. The highest BCUT2D eigenvalue weighted by atomic mass is 35.5. The molecule has 6 heteroatoms. The van der Waals surface area contributed by atoms with Crippen LogP contribution in [0, 0.1) is 5.82 Å². The molecule has 1 heterocycles. The van der Waals surface area contributed by atoms with Crippen LogP contribution in [-0.4, -0.2) is 16.6 Å². The number of rotatable bonds is 6. The summed E-state index contributed by atoms with van der Waals surface area (Å²) in [6.45, 7) is 2.57. The summed E-state index contributed by atoms with van der Waals surface area (Å²) in [6.07, 6.45) is 2.99. The fraction of sp³-hybridized carbons (Fsp3) is 0.286. The molecule has 2 aromatic rings. The predicted octanol–water partition coefficient (Wildman–Crippen LogP) is 4.19. The molecule has 0 fully saturated rings. The molecule has 4 nitrogen and oxygen atoms in total. The van der Waals surface area contributed by atoms with Crippen LogP contribution in [-0.2, 0) is 0 Å². The number of nitrogens with zero attached hydrogens (tertiary/aromatic N) is 2. The summed E-state index contributed by atoms with van der Waals surface area (Å²) in [7, 11) is 0. The van der Waals surface area contributed by atoms with Gasteiger partial charge in [-0.25, -0.2) is 9.37 Å². The third-order valence-corrected chi connectivity index (χ3v) is 2.77. The average Bonchev–Trinajstić information content (AvgIpc) is 2.43. The molecule has 1 aromatic carbocycles. The van der Waals surface area contributed by atoms with Gasteiger partial charge in [0.1, 0.15) is 0 Å². The Hall–Kier alpha value is -1.88. The maximum Gasteiger partial charge on any atom is 0.318 e. The van der Waals surface area contributed by atoms with E-state index in [4.69, 9.17) is 16.3 Å². The van der Waals surface area contributed by atoms with Gasteiger partial charge in [0.05, 0.1) is 12.8 Å². The number of anilines is 2. The Morgan fingerprint density at radius 3 is 3.00 bits per heavy atom. The SMILES string of the molecule is CCCCOc1ncc(F)c(Nc2cccc(Cl)c2)n1. The van der Waals surface area contributed by atoms with E-state index in [1.165, 1.54) is 0 Å². The lowest BCUT2D eigenvalue weighted by Crippen LogP contribution is -2.04. The van der Waals surface area contributed by atoms with Crippen molar-refractivity contribution < 1.29 is 9.13 Å². The molecular weight excluding hydrogens is 281 g/mol. The van der Waals surface area contributed by atoms with E-state index in [2.05, 4.69) is 22.2 Å². The van der Waals surface area contributed by atoms with Gasteiger partial charge in [-0.15, -0.1) is 0 Å². The van der Waals surface area contributed by atoms with Crippen molar-refractivity contribution in [2.45, 2.75) is 19.8 Å². The van der Waals surface area contributed by atoms with Crippen molar-refractivity contribution in [1.29, 1.82) is 0 Å². The summed E-state index contributed by atoms with van der Waals surface area (Å²) in [6, 6.07) is 7.11. The van der Waals surface area contributed by atoms with Crippen LogP contribution in [0.2, 0.25) is 5.02 Å². The minimum Gasteiger partial charge on any atom is -0.463 e. The minimum atomic E-state index is -0.548. The molecule has 0 atom stereocenters. The summed E-state index contributed by atoms with van der Waals surface area (Å²) in [4.78, 5) is 7.80. The standard InChI is InChI=1S/C14H15ClFN3O/c1-2-3-7-20-14-17-9-12(16)13(19-14)18-11-6-4-5-10(15)8-11/h4-6,8-9H,2-3,7H2,1H3,(H,17,18,19). The van der Waals surface area contributed by atoms with Gasteiger partial charge in [-0.05, 0) is 24.6 Å². The first-order valence-electron chi connectivity index (χ1n) is 6.37. The van der Waals surface area contributed by atoms with Gasteiger partial charge in [0.15, 0.2) is 11.6 Å². The van der Waals surface area contributed by atoms with Crippen LogP contribution in [0.25, 0.3) is 0 Å². The summed E-state index contributed by atoms with van der Waals surface area (Å²) >= 11 is 5.88. The first kappa shape index (κ1) is 14.5. The van der Waals surface area contributed by atoms with Crippen LogP contribution in [0.15, 0.2) is 30.5 Å². The molecule has 1 aromatic heterocycles. The number of unbranched alkanes of at least 4 members (excludes halogenated alkanes) is 1. The highest BCUT2D eigenvalue weighted by molar-refractivity contribution is 6.30. The van der Waals surface area contributed by atoms with Gasteiger partial charge in [0.2, 0.25) is 0 Å². The molecule has 0 amide bonds. The first-order chi connectivity index (χ1) is 9.69. The topological polar surface area (TPSA) is 47.0 Å². The zero-order valence-electron chi connectivity index (χ0n) is 11.1. The molecule has 1 N–H and O–H groups in total. The van der Waals surface area contributed by atoms with Crippen molar-refractivity contribution in [3.63, 3.8) is 0 Å². The molecule has 0 aliphatic rings. The van der Waals surface area contributed by atoms with Crippen LogP contribution in [0.3, 0.4) is 0 Å². The monoisotopic (exact) mass is 295 g/mol. The first-order valence-corrected chi connectivity index (χ1v) is 6.74. The number of benzene rings is 1. The quantitative estimate of drug-likeness (QED) is 0.812. The van der Waals surface area contributed by atoms with Crippen LogP contribution in [0.1, 0.15) is 19.8 Å². The highest BCUT2D eigenvalue weighted by Gasteiger charge is 2.08. The summed E-state index contributed by atoms with van der Waals surface area (Å²) in [5, 5.41) is 3.41. The number of halogens is 2. The molecule has 0 unspecified atom stereocenters. The van der Waals surface area contributed by atoms with Crippen molar-refractivity contribution in [1.82, 2.24) is 9.97 Å². The number of nitrogens with one attached hydrogen (secondary N) is 1. The van der Waals surface area contributed by atoms with Crippen molar-refractivity contribution in [3.05, 3.63) is 41.3 Å². The van der Waals surface area contributed by atoms with E-state index in [1.54, 1.807) is 24.3 Å². The number of ether oxygens (including phenoxy) is 1. The fourth-order valence-corrected chi connectivity index (χ4v) is 1.71. The van der Waals surface area contributed by atoms with E-state index in [-0.39, 0.29) is 11.8 Å². The van der Waals surface area contributed by atoms with E-state index in [0.717, 1.165) is 19.0 Å². The van der Waals surface area contributed by atoms with Gasteiger partial charge in [-0.3, -0.25) is 0 Å². The molecule has 0 bridgehead atoms. The molecule has 2 rings (SSSR count). The number of aromatic nitrogens is 2. The molecule has 0 radical (unpaired) electrons. The van der Waals surface area contributed by atoms with Gasteiger partial charge < -0.3 is 10.1 Å².